The molecule has 0 aliphatic heterocycles. The van der Waals surface area contributed by atoms with Crippen LogP contribution in [0.2, 0.25) is 0 Å². The van der Waals surface area contributed by atoms with Gasteiger partial charge in [-0.25, -0.2) is 4.98 Å². The summed E-state index contributed by atoms with van der Waals surface area (Å²) < 4.78 is 0. The Kier molecular flexibility index (Phi) is 2.47. The highest BCUT2D eigenvalue weighted by Gasteiger charge is 2.14. The van der Waals surface area contributed by atoms with E-state index < -0.39 is 0 Å². The molecule has 0 saturated carbocycles. The van der Waals surface area contributed by atoms with Crippen LogP contribution in [-0.4, -0.2) is 29.9 Å². The molecular formula is C8H12N2OS. The number of rotatable bonds is 1. The molecule has 0 N–H and O–H groups in total. The van der Waals surface area contributed by atoms with Crippen molar-refractivity contribution in [2.45, 2.75) is 13.8 Å². The molecule has 66 valence electrons. The van der Waals surface area contributed by atoms with E-state index in [9.17, 15) is 4.79 Å². The third-order valence-electron chi connectivity index (χ3n) is 1.50. The summed E-state index contributed by atoms with van der Waals surface area (Å²) in [6, 6.07) is 0. The maximum atomic E-state index is 11.5. The van der Waals surface area contributed by atoms with Gasteiger partial charge in [0, 0.05) is 14.1 Å². The lowest BCUT2D eigenvalue weighted by Gasteiger charge is -2.07. The van der Waals surface area contributed by atoms with Gasteiger partial charge in [-0.2, -0.15) is 0 Å². The van der Waals surface area contributed by atoms with Crippen LogP contribution in [0.3, 0.4) is 0 Å². The third-order valence-corrected chi connectivity index (χ3v) is 2.56. The standard InChI is InChI=1S/C8H12N2OS/c1-5-7(8(11)10(3)4)12-6(2)9-5/h1-4H3. The van der Waals surface area contributed by atoms with E-state index in [-0.39, 0.29) is 5.91 Å². The first-order valence-corrected chi connectivity index (χ1v) is 4.49. The number of aromatic nitrogens is 1. The minimum Gasteiger partial charge on any atom is -0.344 e. The largest absolute Gasteiger partial charge is 0.344 e. The molecule has 0 atom stereocenters. The van der Waals surface area contributed by atoms with Crippen LogP contribution in [0.15, 0.2) is 0 Å². The van der Waals surface area contributed by atoms with Crippen molar-refractivity contribution in [3.8, 4) is 0 Å². The van der Waals surface area contributed by atoms with Crippen molar-refractivity contribution in [3.63, 3.8) is 0 Å². The SMILES string of the molecule is Cc1nc(C)c(C(=O)N(C)C)s1. The first kappa shape index (κ1) is 9.19. The molecule has 12 heavy (non-hydrogen) atoms. The number of aryl methyl sites for hydroxylation is 2. The summed E-state index contributed by atoms with van der Waals surface area (Å²) in [6.07, 6.45) is 0. The Morgan fingerprint density at radius 1 is 1.42 bits per heavy atom. The summed E-state index contributed by atoms with van der Waals surface area (Å²) >= 11 is 1.45. The van der Waals surface area contributed by atoms with E-state index in [1.54, 1.807) is 19.0 Å². The highest BCUT2D eigenvalue weighted by Crippen LogP contribution is 2.17. The van der Waals surface area contributed by atoms with E-state index in [4.69, 9.17) is 0 Å². The Bertz CT molecular complexity index is 304. The lowest BCUT2D eigenvalue weighted by Crippen LogP contribution is -2.21. The Morgan fingerprint density at radius 2 is 2.00 bits per heavy atom. The van der Waals surface area contributed by atoms with Crippen molar-refractivity contribution in [1.29, 1.82) is 0 Å². The fourth-order valence-corrected chi connectivity index (χ4v) is 1.87. The van der Waals surface area contributed by atoms with Crippen LogP contribution in [0.25, 0.3) is 0 Å². The molecular weight excluding hydrogens is 172 g/mol. The maximum absolute atomic E-state index is 11.5. The number of carbonyl (C=O) groups is 1. The molecule has 1 aromatic heterocycles. The number of amides is 1. The molecule has 0 spiro atoms. The first-order valence-electron chi connectivity index (χ1n) is 3.68. The highest BCUT2D eigenvalue weighted by atomic mass is 32.1. The third kappa shape index (κ3) is 1.64. The summed E-state index contributed by atoms with van der Waals surface area (Å²) in [5, 5.41) is 0.942. The van der Waals surface area contributed by atoms with Gasteiger partial charge in [0.15, 0.2) is 0 Å². The van der Waals surface area contributed by atoms with Crippen LogP contribution in [0, 0.1) is 13.8 Å². The zero-order valence-corrected chi connectivity index (χ0v) is 8.53. The Morgan fingerprint density at radius 3 is 2.33 bits per heavy atom. The molecule has 1 amide bonds. The van der Waals surface area contributed by atoms with Gasteiger partial charge in [-0.15, -0.1) is 11.3 Å². The maximum Gasteiger partial charge on any atom is 0.265 e. The van der Waals surface area contributed by atoms with Crippen molar-refractivity contribution < 1.29 is 4.79 Å². The predicted octanol–water partition coefficient (Wildman–Crippen LogP) is 1.46. The van der Waals surface area contributed by atoms with Gasteiger partial charge in [-0.05, 0) is 13.8 Å². The van der Waals surface area contributed by atoms with Gasteiger partial charge in [0.05, 0.1) is 10.7 Å². The lowest BCUT2D eigenvalue weighted by molar-refractivity contribution is 0.0831. The molecule has 0 unspecified atom stereocenters. The van der Waals surface area contributed by atoms with Gasteiger partial charge in [-0.3, -0.25) is 4.79 Å². The van der Waals surface area contributed by atoms with Gasteiger partial charge in [-0.1, -0.05) is 0 Å². The quantitative estimate of drug-likeness (QED) is 0.662. The lowest BCUT2D eigenvalue weighted by atomic mass is 10.3. The van der Waals surface area contributed by atoms with Crippen molar-refractivity contribution in [1.82, 2.24) is 9.88 Å². The number of thiazole rings is 1. The fraction of sp³-hybridized carbons (Fsp3) is 0.500. The number of nitrogens with zero attached hydrogens (tertiary/aromatic N) is 2. The molecule has 0 aliphatic rings. The van der Waals surface area contributed by atoms with Crippen LogP contribution in [0.1, 0.15) is 20.4 Å². The summed E-state index contributed by atoms with van der Waals surface area (Å²) in [5.41, 5.74) is 0.830. The zero-order chi connectivity index (χ0) is 9.30. The second-order valence-corrected chi connectivity index (χ2v) is 4.05. The number of hydrogen-bond donors (Lipinski definition) is 0. The molecule has 1 rings (SSSR count). The van der Waals surface area contributed by atoms with Gasteiger partial charge in [0.25, 0.3) is 5.91 Å². The smallest absolute Gasteiger partial charge is 0.265 e. The summed E-state index contributed by atoms with van der Waals surface area (Å²) in [7, 11) is 3.49. The van der Waals surface area contributed by atoms with Crippen molar-refractivity contribution in [2.75, 3.05) is 14.1 Å². The van der Waals surface area contributed by atoms with Crippen LogP contribution >= 0.6 is 11.3 Å². The predicted molar refractivity (Wildman–Crippen MR) is 49.6 cm³/mol. The zero-order valence-electron chi connectivity index (χ0n) is 7.71. The average Bonchev–Trinajstić information content (AvgIpc) is 2.28. The van der Waals surface area contributed by atoms with Gasteiger partial charge in [0.1, 0.15) is 4.88 Å². The summed E-state index contributed by atoms with van der Waals surface area (Å²) in [6.45, 7) is 3.77. The van der Waals surface area contributed by atoms with Gasteiger partial charge in [0.2, 0.25) is 0 Å². The molecule has 3 nitrogen and oxygen atoms in total. The molecule has 0 aliphatic carbocycles. The molecule has 0 radical (unpaired) electrons. The minimum absolute atomic E-state index is 0.0399. The highest BCUT2D eigenvalue weighted by molar-refractivity contribution is 7.13. The van der Waals surface area contributed by atoms with Crippen molar-refractivity contribution in [3.05, 3.63) is 15.6 Å². The number of carbonyl (C=O) groups excluding carboxylic acids is 1. The molecule has 0 aromatic carbocycles. The Labute approximate surface area is 76.0 Å². The first-order chi connectivity index (χ1) is 5.52. The topological polar surface area (TPSA) is 33.2 Å². The van der Waals surface area contributed by atoms with Gasteiger partial charge < -0.3 is 4.90 Å². The summed E-state index contributed by atoms with van der Waals surface area (Å²) in [5.74, 6) is 0.0399. The van der Waals surface area contributed by atoms with E-state index in [2.05, 4.69) is 4.98 Å². The second-order valence-electron chi connectivity index (χ2n) is 2.85. The fourth-order valence-electron chi connectivity index (χ4n) is 0.933. The summed E-state index contributed by atoms with van der Waals surface area (Å²) in [4.78, 5) is 18.0. The molecule has 1 aromatic rings. The second kappa shape index (κ2) is 3.23. The molecule has 0 bridgehead atoms. The molecule has 0 saturated heterocycles. The van der Waals surface area contributed by atoms with Crippen LogP contribution < -0.4 is 0 Å². The van der Waals surface area contributed by atoms with Crippen molar-refractivity contribution >= 4 is 17.2 Å². The van der Waals surface area contributed by atoms with Crippen LogP contribution in [-0.2, 0) is 0 Å². The van der Waals surface area contributed by atoms with E-state index in [0.717, 1.165) is 15.6 Å². The van der Waals surface area contributed by atoms with E-state index >= 15 is 0 Å². The molecule has 1 heterocycles. The minimum atomic E-state index is 0.0399. The monoisotopic (exact) mass is 184 g/mol. The van der Waals surface area contributed by atoms with Crippen LogP contribution in [0.5, 0.6) is 0 Å². The Hall–Kier alpha value is -0.900. The normalized spacial score (nSPS) is 10.0. The van der Waals surface area contributed by atoms with Crippen molar-refractivity contribution in [2.24, 2.45) is 0 Å². The van der Waals surface area contributed by atoms with E-state index in [1.165, 1.54) is 11.3 Å². The van der Waals surface area contributed by atoms with E-state index in [0.29, 0.717) is 0 Å². The van der Waals surface area contributed by atoms with E-state index in [1.807, 2.05) is 13.8 Å². The molecule has 4 heteroatoms. The molecule has 0 fully saturated rings. The Balaban J connectivity index is 3.02. The number of hydrogen-bond acceptors (Lipinski definition) is 3. The average molecular weight is 184 g/mol. The van der Waals surface area contributed by atoms with Crippen LogP contribution in [0.4, 0.5) is 0 Å². The van der Waals surface area contributed by atoms with Gasteiger partial charge >= 0.3 is 0 Å².